The van der Waals surface area contributed by atoms with Crippen molar-refractivity contribution >= 4 is 45.5 Å². The monoisotopic (exact) mass is 550 g/mol. The van der Waals surface area contributed by atoms with Crippen LogP contribution in [0.25, 0.3) is 0 Å². The third-order valence-electron chi connectivity index (χ3n) is 0. The minimum atomic E-state index is -4.20. The first-order chi connectivity index (χ1) is 5.20. The van der Waals surface area contributed by atoms with Crippen LogP contribution in [0, 0.1) is 0 Å². The molecule has 0 spiro atoms. The van der Waals surface area contributed by atoms with Crippen molar-refractivity contribution in [2.45, 2.75) is 0 Å². The molecule has 0 radical (unpaired) electrons. The van der Waals surface area contributed by atoms with Gasteiger partial charge in [-0.05, 0) is 0 Å². The molecule has 0 fully saturated rings. The molecule has 0 rings (SSSR count). The average Bonchev–Trinajstić information content (AvgIpc) is 1.54. The molecule has 0 aliphatic carbocycles. The van der Waals surface area contributed by atoms with Gasteiger partial charge in [-0.15, -0.1) is 0 Å². The quantitative estimate of drug-likeness (QED) is 0.266. The van der Waals surface area contributed by atoms with Crippen LogP contribution in [-0.4, -0.2) is 45.5 Å². The van der Waals surface area contributed by atoms with Gasteiger partial charge < -0.3 is 0 Å². The summed E-state index contributed by atoms with van der Waals surface area (Å²) in [6, 6.07) is 0. The molecule has 14 heteroatoms. The van der Waals surface area contributed by atoms with E-state index < -0.39 is 56.4 Å². The molecule has 0 aliphatic heterocycles. The normalized spacial score (nSPS) is 5.36. The van der Waals surface area contributed by atoms with Crippen LogP contribution >= 0.6 is 0 Å². The maximum absolute atomic E-state index is 8.60. The molecule has 0 aromatic heterocycles. The second-order valence-corrected chi connectivity index (χ2v) is 3.97. The van der Waals surface area contributed by atoms with Crippen molar-refractivity contribution in [2.24, 2.45) is 0 Å². The fraction of sp³-hybridized carbons (Fsp3) is 0. The van der Waals surface area contributed by atoms with E-state index in [4.69, 9.17) is 30.3 Å². The van der Waals surface area contributed by atoms with Gasteiger partial charge in [0.15, 0.2) is 0 Å². The first-order valence-electron chi connectivity index (χ1n) is 1.64. The van der Waals surface area contributed by atoms with E-state index in [1.807, 2.05) is 0 Å². The standard InChI is InChI=1S/K.3Nb.9O.Sr/q+1;;;;;;;;;;3*-1;+2. The van der Waals surface area contributed by atoms with Crippen LogP contribution in [0.15, 0.2) is 0 Å². The van der Waals surface area contributed by atoms with E-state index in [0.717, 1.165) is 0 Å². The predicted molar refractivity (Wildman–Crippen MR) is 9.87 cm³/mol. The van der Waals surface area contributed by atoms with Gasteiger partial charge in [0, 0.05) is 0 Å². The minimum Gasteiger partial charge on any atom is 2.00 e. The van der Waals surface area contributed by atoms with Gasteiger partial charge in [-0.25, -0.2) is 0 Å². The first kappa shape index (κ1) is 30.8. The van der Waals surface area contributed by atoms with Crippen LogP contribution in [0.4, 0.5) is 0 Å². The van der Waals surface area contributed by atoms with Gasteiger partial charge in [-0.3, -0.25) is 0 Å². The molecule has 0 aromatic carbocycles. The fourth-order valence-corrected chi connectivity index (χ4v) is 0. The number of rotatable bonds is 0. The van der Waals surface area contributed by atoms with Crippen LogP contribution in [-0.2, 0) is 75.9 Å². The summed E-state index contributed by atoms with van der Waals surface area (Å²) in [5.41, 5.74) is 0. The zero-order valence-corrected chi connectivity index (χ0v) is 19.9. The first-order valence-corrected chi connectivity index (χ1v) is 9.72. The Morgan fingerprint density at radius 1 is 0.571 bits per heavy atom. The van der Waals surface area contributed by atoms with Gasteiger partial charge in [0.25, 0.3) is 0 Å². The predicted octanol–water partition coefficient (Wildman–Crippen LogP) is -7.66. The largest absolute Gasteiger partial charge is 2.00 e. The van der Waals surface area contributed by atoms with Gasteiger partial charge in [0.2, 0.25) is 0 Å². The van der Waals surface area contributed by atoms with Crippen LogP contribution < -0.4 is 62.2 Å². The molecular formula is KNb3O9Sr. The van der Waals surface area contributed by atoms with Gasteiger partial charge in [-0.1, -0.05) is 0 Å². The molecule has 0 amide bonds. The zero-order valence-electron chi connectivity index (χ0n) is 6.72. The van der Waals surface area contributed by atoms with Crippen molar-refractivity contribution < 1.29 is 138 Å². The summed E-state index contributed by atoms with van der Waals surface area (Å²) < 4.78 is 77.4. The molecule has 9 nitrogen and oxygen atoms in total. The summed E-state index contributed by atoms with van der Waals surface area (Å²) in [7, 11) is 0. The molecule has 0 saturated carbocycles. The Morgan fingerprint density at radius 2 is 0.571 bits per heavy atom. The van der Waals surface area contributed by atoms with Gasteiger partial charge in [0.1, 0.15) is 0 Å². The molecule has 0 saturated heterocycles. The van der Waals surface area contributed by atoms with E-state index in [9.17, 15) is 0 Å². The molecule has 14 heavy (non-hydrogen) atoms. The molecule has 0 aliphatic rings. The van der Waals surface area contributed by atoms with Crippen LogP contribution in [0.5, 0.6) is 0 Å². The Bertz CT molecular complexity index is 213. The summed E-state index contributed by atoms with van der Waals surface area (Å²) in [6.07, 6.45) is 0. The second kappa shape index (κ2) is 25.8. The average molecular weight is 549 g/mol. The molecule has 0 aromatic rings. The van der Waals surface area contributed by atoms with E-state index in [2.05, 4.69) is 0 Å². The Balaban J connectivity index is -0.0000000270. The van der Waals surface area contributed by atoms with Crippen molar-refractivity contribution in [3.8, 4) is 0 Å². The minimum absolute atomic E-state index is 0. The van der Waals surface area contributed by atoms with E-state index in [-0.39, 0.29) is 96.9 Å². The van der Waals surface area contributed by atoms with Gasteiger partial charge in [-0.2, -0.15) is 0 Å². The third-order valence-corrected chi connectivity index (χ3v) is 0. The molecule has 0 unspecified atom stereocenters. The fourth-order valence-electron chi connectivity index (χ4n) is 0. The summed E-state index contributed by atoms with van der Waals surface area (Å²) >= 11 is -12.6. The third kappa shape index (κ3) is 224. The topological polar surface area (TPSA) is 172 Å². The molecule has 0 heterocycles. The second-order valence-electron chi connectivity index (χ2n) is 0.671. The van der Waals surface area contributed by atoms with E-state index >= 15 is 0 Å². The van der Waals surface area contributed by atoms with Crippen LogP contribution in [0.3, 0.4) is 0 Å². The number of hydrogen-bond acceptors (Lipinski definition) is 9. The number of hydrogen-bond donors (Lipinski definition) is 0. The van der Waals surface area contributed by atoms with E-state index in [1.165, 1.54) is 0 Å². The Kier molecular flexibility index (Phi) is 56.7. The van der Waals surface area contributed by atoms with Gasteiger partial charge in [0.05, 0.1) is 0 Å². The Morgan fingerprint density at radius 3 is 0.571 bits per heavy atom. The Hall–Kier alpha value is 4.02. The van der Waals surface area contributed by atoms with Crippen molar-refractivity contribution in [1.29, 1.82) is 0 Å². The molecule has 0 bridgehead atoms. The summed E-state index contributed by atoms with van der Waals surface area (Å²) in [6.45, 7) is 0. The Labute approximate surface area is 178 Å². The van der Waals surface area contributed by atoms with E-state index in [0.29, 0.717) is 0 Å². The van der Waals surface area contributed by atoms with Crippen molar-refractivity contribution in [2.75, 3.05) is 0 Å². The molecule has 0 N–H and O–H groups in total. The van der Waals surface area contributed by atoms with Crippen molar-refractivity contribution in [1.82, 2.24) is 0 Å². The summed E-state index contributed by atoms with van der Waals surface area (Å²) in [5, 5.41) is 0. The van der Waals surface area contributed by atoms with Crippen molar-refractivity contribution in [3.63, 3.8) is 0 Å². The molecule has 72 valence electrons. The maximum Gasteiger partial charge on any atom is 2.00 e. The summed E-state index contributed by atoms with van der Waals surface area (Å²) in [4.78, 5) is 0. The smallest absolute Gasteiger partial charge is 2.00 e. The van der Waals surface area contributed by atoms with E-state index in [1.54, 1.807) is 0 Å². The zero-order chi connectivity index (χ0) is 10.7. The summed E-state index contributed by atoms with van der Waals surface area (Å²) in [5.74, 6) is 0. The van der Waals surface area contributed by atoms with Gasteiger partial charge >= 0.3 is 184 Å². The van der Waals surface area contributed by atoms with Crippen molar-refractivity contribution in [3.05, 3.63) is 0 Å². The maximum atomic E-state index is 8.60. The van der Waals surface area contributed by atoms with Crippen LogP contribution in [0.1, 0.15) is 0 Å². The molecular weight excluding hydrogens is 549 g/mol. The van der Waals surface area contributed by atoms with Crippen LogP contribution in [0.2, 0.25) is 0 Å². The SMILES string of the molecule is [K+].[O]=[Nb](=[O])[O-].[O]=[Nb](=[O])[O-].[O]=[Nb](=[O])[O-].[Sr+2]. The molecule has 0 atom stereocenters.